The Labute approximate surface area is 115 Å². The first kappa shape index (κ1) is 14.9. The normalized spacial score (nSPS) is 23.4. The second-order valence-corrected chi connectivity index (χ2v) is 5.41. The molecular weight excluding hydrogens is 269 g/mol. The van der Waals surface area contributed by atoms with Gasteiger partial charge in [-0.3, -0.25) is 4.79 Å². The molecule has 0 N–H and O–H groups in total. The number of benzene rings is 1. The van der Waals surface area contributed by atoms with E-state index >= 15 is 0 Å². The number of carbonyl (C=O) groups excluding carboxylic acids is 1. The van der Waals surface area contributed by atoms with E-state index in [9.17, 15) is 18.0 Å². The van der Waals surface area contributed by atoms with Crippen molar-refractivity contribution in [1.29, 1.82) is 0 Å². The van der Waals surface area contributed by atoms with Crippen molar-refractivity contribution < 1.29 is 22.7 Å². The molecule has 0 saturated heterocycles. The fourth-order valence-electron chi connectivity index (χ4n) is 2.73. The van der Waals surface area contributed by atoms with Gasteiger partial charge in [0.05, 0.1) is 0 Å². The van der Waals surface area contributed by atoms with Gasteiger partial charge >= 0.3 is 6.36 Å². The topological polar surface area (TPSA) is 26.3 Å². The van der Waals surface area contributed by atoms with E-state index in [4.69, 9.17) is 0 Å². The van der Waals surface area contributed by atoms with Crippen LogP contribution in [-0.2, 0) is 0 Å². The smallest absolute Gasteiger partial charge is 0.406 e. The largest absolute Gasteiger partial charge is 0.573 e. The van der Waals surface area contributed by atoms with Crippen LogP contribution in [0, 0.1) is 11.8 Å². The monoisotopic (exact) mass is 286 g/mol. The average molecular weight is 286 g/mol. The average Bonchev–Trinajstić information content (AvgIpc) is 2.37. The third kappa shape index (κ3) is 3.99. The Morgan fingerprint density at radius 3 is 2.40 bits per heavy atom. The van der Waals surface area contributed by atoms with Crippen LogP contribution in [0.2, 0.25) is 0 Å². The molecule has 0 aliphatic heterocycles. The number of ketones is 1. The summed E-state index contributed by atoms with van der Waals surface area (Å²) in [5, 5.41) is 0. The predicted octanol–water partition coefficient (Wildman–Crippen LogP) is 4.59. The summed E-state index contributed by atoms with van der Waals surface area (Å²) in [7, 11) is 0. The summed E-state index contributed by atoms with van der Waals surface area (Å²) in [5.41, 5.74) is 0.457. The fourth-order valence-corrected chi connectivity index (χ4v) is 2.73. The Bertz CT molecular complexity index is 465. The summed E-state index contributed by atoms with van der Waals surface area (Å²) in [6.45, 7) is 2.12. The molecule has 0 amide bonds. The van der Waals surface area contributed by atoms with Crippen molar-refractivity contribution in [3.63, 3.8) is 0 Å². The van der Waals surface area contributed by atoms with Gasteiger partial charge in [0.1, 0.15) is 5.75 Å². The summed E-state index contributed by atoms with van der Waals surface area (Å²) in [6.07, 6.45) is -0.803. The third-order valence-corrected chi connectivity index (χ3v) is 3.68. The molecular formula is C15H17F3O2. The molecule has 1 aliphatic carbocycles. The zero-order valence-electron chi connectivity index (χ0n) is 11.2. The summed E-state index contributed by atoms with van der Waals surface area (Å²) in [5.74, 6) is 0.250. The molecule has 1 aromatic carbocycles. The molecule has 2 atom stereocenters. The Kier molecular flexibility index (Phi) is 4.35. The first-order chi connectivity index (χ1) is 9.35. The maximum absolute atomic E-state index is 12.3. The van der Waals surface area contributed by atoms with E-state index in [0.29, 0.717) is 11.5 Å². The van der Waals surface area contributed by atoms with Gasteiger partial charge in [0.2, 0.25) is 0 Å². The van der Waals surface area contributed by atoms with Crippen LogP contribution in [0.1, 0.15) is 43.0 Å². The maximum atomic E-state index is 12.3. The van der Waals surface area contributed by atoms with Crippen LogP contribution in [0.3, 0.4) is 0 Å². The Morgan fingerprint density at radius 2 is 1.85 bits per heavy atom. The summed E-state index contributed by atoms with van der Waals surface area (Å²) in [4.78, 5) is 12.3. The zero-order valence-corrected chi connectivity index (χ0v) is 11.2. The van der Waals surface area contributed by atoms with Crippen molar-refractivity contribution in [2.75, 3.05) is 0 Å². The minimum atomic E-state index is -4.70. The number of carbonyl (C=O) groups is 1. The molecule has 1 aromatic rings. The number of ether oxygens (including phenoxy) is 1. The van der Waals surface area contributed by atoms with E-state index in [0.717, 1.165) is 25.7 Å². The SMILES string of the molecule is CC1CCCC(C(=O)c2ccc(OC(F)(F)F)cc2)C1. The number of alkyl halides is 3. The molecule has 20 heavy (non-hydrogen) atoms. The molecule has 1 aliphatic rings. The molecule has 110 valence electrons. The predicted molar refractivity (Wildman–Crippen MR) is 68.6 cm³/mol. The second kappa shape index (κ2) is 5.85. The van der Waals surface area contributed by atoms with E-state index < -0.39 is 6.36 Å². The number of Topliss-reactive ketones (excluding diaryl/α,β-unsaturated/α-hetero) is 1. The lowest BCUT2D eigenvalue weighted by Gasteiger charge is -2.25. The molecule has 0 spiro atoms. The highest BCUT2D eigenvalue weighted by Gasteiger charge is 2.31. The quantitative estimate of drug-likeness (QED) is 0.759. The second-order valence-electron chi connectivity index (χ2n) is 5.41. The standard InChI is InChI=1S/C15H17F3O2/c1-10-3-2-4-12(9-10)14(19)11-5-7-13(8-6-11)20-15(16,17)18/h5-8,10,12H,2-4,9H2,1H3. The minimum absolute atomic E-state index is 0.00636. The van der Waals surface area contributed by atoms with Crippen LogP contribution in [0.15, 0.2) is 24.3 Å². The Balaban J connectivity index is 2.04. The molecule has 0 aromatic heterocycles. The Morgan fingerprint density at radius 1 is 1.20 bits per heavy atom. The van der Waals surface area contributed by atoms with Crippen molar-refractivity contribution in [2.45, 2.75) is 39.0 Å². The van der Waals surface area contributed by atoms with Gasteiger partial charge < -0.3 is 4.74 Å². The van der Waals surface area contributed by atoms with Crippen LogP contribution in [0.4, 0.5) is 13.2 Å². The van der Waals surface area contributed by atoms with Crippen molar-refractivity contribution in [3.05, 3.63) is 29.8 Å². The van der Waals surface area contributed by atoms with E-state index in [2.05, 4.69) is 11.7 Å². The first-order valence-electron chi connectivity index (χ1n) is 6.75. The molecule has 2 unspecified atom stereocenters. The summed E-state index contributed by atoms with van der Waals surface area (Å²) >= 11 is 0. The zero-order chi connectivity index (χ0) is 14.8. The van der Waals surface area contributed by atoms with Crippen molar-refractivity contribution in [1.82, 2.24) is 0 Å². The van der Waals surface area contributed by atoms with Gasteiger partial charge in [-0.05, 0) is 43.0 Å². The van der Waals surface area contributed by atoms with Crippen molar-refractivity contribution >= 4 is 5.78 Å². The van der Waals surface area contributed by atoms with Crippen LogP contribution in [0.5, 0.6) is 5.75 Å². The molecule has 0 heterocycles. The number of hydrogen-bond donors (Lipinski definition) is 0. The Hall–Kier alpha value is -1.52. The lowest BCUT2D eigenvalue weighted by atomic mass is 9.79. The molecule has 2 rings (SSSR count). The highest BCUT2D eigenvalue weighted by Crippen LogP contribution is 2.31. The molecule has 5 heteroatoms. The van der Waals surface area contributed by atoms with Gasteiger partial charge in [-0.1, -0.05) is 19.8 Å². The van der Waals surface area contributed by atoms with Crippen LogP contribution in [0.25, 0.3) is 0 Å². The van der Waals surface area contributed by atoms with Gasteiger partial charge in [-0.25, -0.2) is 0 Å². The maximum Gasteiger partial charge on any atom is 0.573 e. The van der Waals surface area contributed by atoms with Gasteiger partial charge in [-0.2, -0.15) is 0 Å². The van der Waals surface area contributed by atoms with Crippen molar-refractivity contribution in [3.8, 4) is 5.75 Å². The molecule has 0 bridgehead atoms. The van der Waals surface area contributed by atoms with Gasteiger partial charge in [-0.15, -0.1) is 13.2 Å². The van der Waals surface area contributed by atoms with E-state index in [1.165, 1.54) is 24.3 Å². The molecule has 2 nitrogen and oxygen atoms in total. The fraction of sp³-hybridized carbons (Fsp3) is 0.533. The highest BCUT2D eigenvalue weighted by molar-refractivity contribution is 5.98. The number of rotatable bonds is 3. The molecule has 1 saturated carbocycles. The van der Waals surface area contributed by atoms with E-state index in [1.807, 2.05) is 0 Å². The third-order valence-electron chi connectivity index (χ3n) is 3.68. The highest BCUT2D eigenvalue weighted by atomic mass is 19.4. The summed E-state index contributed by atoms with van der Waals surface area (Å²) in [6, 6.07) is 5.19. The molecule has 0 radical (unpaired) electrons. The van der Waals surface area contributed by atoms with Gasteiger partial charge in [0.25, 0.3) is 0 Å². The van der Waals surface area contributed by atoms with E-state index in [-0.39, 0.29) is 17.5 Å². The first-order valence-corrected chi connectivity index (χ1v) is 6.75. The lowest BCUT2D eigenvalue weighted by Crippen LogP contribution is -2.22. The van der Waals surface area contributed by atoms with Gasteiger partial charge in [0, 0.05) is 11.5 Å². The van der Waals surface area contributed by atoms with Crippen molar-refractivity contribution in [2.24, 2.45) is 11.8 Å². The molecule has 1 fully saturated rings. The number of hydrogen-bond acceptors (Lipinski definition) is 2. The minimum Gasteiger partial charge on any atom is -0.406 e. The van der Waals surface area contributed by atoms with Crippen LogP contribution in [-0.4, -0.2) is 12.1 Å². The van der Waals surface area contributed by atoms with Crippen LogP contribution < -0.4 is 4.74 Å². The lowest BCUT2D eigenvalue weighted by molar-refractivity contribution is -0.274. The number of halogens is 3. The summed E-state index contributed by atoms with van der Waals surface area (Å²) < 4.78 is 39.9. The van der Waals surface area contributed by atoms with Crippen LogP contribution >= 0.6 is 0 Å². The van der Waals surface area contributed by atoms with Gasteiger partial charge in [0.15, 0.2) is 5.78 Å². The van der Waals surface area contributed by atoms with E-state index in [1.54, 1.807) is 0 Å².